The van der Waals surface area contributed by atoms with E-state index in [1.807, 2.05) is 31.5 Å². The van der Waals surface area contributed by atoms with Gasteiger partial charge in [-0.2, -0.15) is 10.2 Å². The Morgan fingerprint density at radius 1 is 1.35 bits per heavy atom. The van der Waals surface area contributed by atoms with Crippen LogP contribution >= 0.6 is 0 Å². The highest BCUT2D eigenvalue weighted by Crippen LogP contribution is 2.35. The number of nitrogens with zero attached hydrogens (tertiary/aromatic N) is 4. The van der Waals surface area contributed by atoms with Gasteiger partial charge in [0.1, 0.15) is 18.0 Å². The number of ether oxygens (including phenoxy) is 2. The molecule has 1 aromatic carbocycles. The lowest BCUT2D eigenvalue weighted by molar-refractivity contribution is -0.145. The van der Waals surface area contributed by atoms with E-state index < -0.39 is 23.9 Å². The largest absolute Gasteiger partial charge is 0.482 e. The van der Waals surface area contributed by atoms with Crippen molar-refractivity contribution < 1.29 is 18.7 Å². The summed E-state index contributed by atoms with van der Waals surface area (Å²) in [7, 11) is 1.67. The van der Waals surface area contributed by atoms with Gasteiger partial charge >= 0.3 is 5.97 Å². The van der Waals surface area contributed by atoms with Crippen molar-refractivity contribution in [3.8, 4) is 17.0 Å². The zero-order valence-corrected chi connectivity index (χ0v) is 23.3. The van der Waals surface area contributed by atoms with Crippen LogP contribution in [0.2, 0.25) is 0 Å². The molecule has 2 atom stereocenters. The molecule has 2 unspecified atom stereocenters. The van der Waals surface area contributed by atoms with Crippen LogP contribution in [-0.2, 0) is 22.5 Å². The predicted octanol–water partition coefficient (Wildman–Crippen LogP) is 3.64. The Morgan fingerprint density at radius 3 is 2.83 bits per heavy atom. The third kappa shape index (κ3) is 5.96. The van der Waals surface area contributed by atoms with E-state index in [9.17, 15) is 9.18 Å². The second-order valence-electron chi connectivity index (χ2n) is 9.78. The molecule has 1 aliphatic rings. The molecule has 3 aromatic rings. The maximum Gasteiger partial charge on any atom is 0.324 e. The van der Waals surface area contributed by atoms with Crippen molar-refractivity contribution in [2.45, 2.75) is 52.8 Å². The number of nitrogens with two attached hydrogens (primary N) is 1. The molecule has 0 aliphatic carbocycles. The van der Waals surface area contributed by atoms with Gasteiger partial charge in [0.15, 0.2) is 18.3 Å². The summed E-state index contributed by atoms with van der Waals surface area (Å²) in [5.74, 6) is -0.371. The summed E-state index contributed by atoms with van der Waals surface area (Å²) in [5, 5.41) is 20.9. The maximum absolute atomic E-state index is 14.4. The fraction of sp³-hybridized carbons (Fsp3) is 0.393. The molecule has 0 saturated carbocycles. The Bertz CT molecular complexity index is 1430. The van der Waals surface area contributed by atoms with Gasteiger partial charge in [0.05, 0.1) is 23.3 Å². The minimum atomic E-state index is -0.746. The van der Waals surface area contributed by atoms with Crippen LogP contribution in [0.15, 0.2) is 41.8 Å². The molecule has 3 heterocycles. The lowest BCUT2D eigenvalue weighted by Crippen LogP contribution is -2.37. The number of aromatic nitrogens is 3. The first-order chi connectivity index (χ1) is 19.1. The van der Waals surface area contributed by atoms with E-state index in [2.05, 4.69) is 25.9 Å². The lowest BCUT2D eigenvalue weighted by Gasteiger charge is -2.23. The molecule has 12 heteroatoms. The van der Waals surface area contributed by atoms with Crippen LogP contribution < -0.4 is 21.2 Å². The Hall–Kier alpha value is -4.32. The van der Waals surface area contributed by atoms with E-state index in [0.29, 0.717) is 41.4 Å². The quantitative estimate of drug-likeness (QED) is 0.198. The molecule has 4 rings (SSSR count). The number of carbonyl (C=O) groups excluding carboxylic acids is 1. The van der Waals surface area contributed by atoms with Gasteiger partial charge in [-0.15, -0.1) is 0 Å². The molecule has 40 heavy (non-hydrogen) atoms. The SMILES string of the molecule is CCn1ncc2c1-c1cnc(NCOC(=O)C(N)C(C)C)c(c1)OC(C)c1cc(F)ccc1C(=N)/C(=N\NC)C2. The first-order valence-corrected chi connectivity index (χ1v) is 13.1. The number of fused-ring (bicyclic) bond motifs is 5. The van der Waals surface area contributed by atoms with E-state index in [0.717, 1.165) is 16.8 Å². The molecule has 5 N–H and O–H groups in total. The fourth-order valence-electron chi connectivity index (χ4n) is 4.47. The van der Waals surface area contributed by atoms with Crippen LogP contribution in [0.25, 0.3) is 11.3 Å². The van der Waals surface area contributed by atoms with Crippen molar-refractivity contribution in [3.63, 3.8) is 0 Å². The summed E-state index contributed by atoms with van der Waals surface area (Å²) < 4.78 is 27.9. The summed E-state index contributed by atoms with van der Waals surface area (Å²) >= 11 is 0. The van der Waals surface area contributed by atoms with Crippen LogP contribution in [0.3, 0.4) is 0 Å². The van der Waals surface area contributed by atoms with Crippen molar-refractivity contribution in [1.29, 1.82) is 5.41 Å². The smallest absolute Gasteiger partial charge is 0.324 e. The fourth-order valence-corrected chi connectivity index (χ4v) is 4.47. The van der Waals surface area contributed by atoms with E-state index >= 15 is 0 Å². The number of hydrogen-bond acceptors (Lipinski definition) is 10. The zero-order chi connectivity index (χ0) is 29.0. The van der Waals surface area contributed by atoms with Crippen LogP contribution in [-0.4, -0.2) is 52.0 Å². The molecule has 0 radical (unpaired) electrons. The van der Waals surface area contributed by atoms with E-state index in [1.165, 1.54) is 12.1 Å². The molecule has 212 valence electrons. The lowest BCUT2D eigenvalue weighted by atomic mass is 9.93. The van der Waals surface area contributed by atoms with Crippen molar-refractivity contribution in [1.82, 2.24) is 20.2 Å². The Morgan fingerprint density at radius 2 is 2.12 bits per heavy atom. The topological polar surface area (TPSA) is 153 Å². The third-order valence-electron chi connectivity index (χ3n) is 6.70. The molecule has 0 saturated heterocycles. The maximum atomic E-state index is 14.4. The second kappa shape index (κ2) is 12.2. The van der Waals surface area contributed by atoms with Gasteiger partial charge in [-0.1, -0.05) is 13.8 Å². The summed E-state index contributed by atoms with van der Waals surface area (Å²) in [6.07, 6.45) is 3.06. The number of pyridine rings is 1. The normalized spacial score (nSPS) is 16.8. The molecule has 2 bridgehead atoms. The Kier molecular flexibility index (Phi) is 8.78. The third-order valence-corrected chi connectivity index (χ3v) is 6.70. The molecular formula is C28H35FN8O3. The summed E-state index contributed by atoms with van der Waals surface area (Å²) in [6.45, 7) is 7.86. The molecular weight excluding hydrogens is 515 g/mol. The number of esters is 1. The first-order valence-electron chi connectivity index (χ1n) is 13.1. The number of nitrogens with one attached hydrogen (secondary N) is 3. The standard InChI is InChI=1S/C28H35FN8O3/c1-6-37-26-17(13-35-37)9-22(36-32-5)25(31)20-8-7-19(29)11-21(20)16(4)40-23-10-18(26)12-33-27(23)34-14-39-28(38)24(30)15(2)3/h7-8,10-13,15-16,24,31-32H,6,9,14,30H2,1-5H3,(H,33,34)/b31-25?,36-22-. The Labute approximate surface area is 232 Å². The number of carbonyl (C=O) groups is 1. The van der Waals surface area contributed by atoms with E-state index in [4.69, 9.17) is 20.6 Å². The van der Waals surface area contributed by atoms with Crippen LogP contribution in [0.4, 0.5) is 10.2 Å². The number of anilines is 1. The first kappa shape index (κ1) is 28.7. The molecule has 2 aromatic heterocycles. The van der Waals surface area contributed by atoms with E-state index in [-0.39, 0.29) is 18.4 Å². The molecule has 0 amide bonds. The highest BCUT2D eigenvalue weighted by atomic mass is 19.1. The van der Waals surface area contributed by atoms with Gasteiger partial charge in [-0.25, -0.2) is 9.37 Å². The Balaban J connectivity index is 1.81. The van der Waals surface area contributed by atoms with Gasteiger partial charge in [-0.3, -0.25) is 14.9 Å². The van der Waals surface area contributed by atoms with Crippen LogP contribution in [0.1, 0.15) is 50.5 Å². The zero-order valence-electron chi connectivity index (χ0n) is 23.3. The van der Waals surface area contributed by atoms with Gasteiger partial charge in [0, 0.05) is 48.5 Å². The minimum Gasteiger partial charge on any atom is -0.482 e. The number of halogens is 1. The summed E-state index contributed by atoms with van der Waals surface area (Å²) in [4.78, 5) is 16.8. The van der Waals surface area contributed by atoms with Gasteiger partial charge < -0.3 is 25.9 Å². The van der Waals surface area contributed by atoms with Crippen LogP contribution in [0, 0.1) is 17.1 Å². The number of hydrazone groups is 1. The minimum absolute atomic E-state index is 0.0707. The molecule has 0 fully saturated rings. The summed E-state index contributed by atoms with van der Waals surface area (Å²) in [5.41, 5.74) is 12.6. The van der Waals surface area contributed by atoms with Gasteiger partial charge in [-0.05, 0) is 44.0 Å². The van der Waals surface area contributed by atoms with Crippen molar-refractivity contribution >= 4 is 23.2 Å². The van der Waals surface area contributed by atoms with Crippen LogP contribution in [0.5, 0.6) is 5.75 Å². The average molecular weight is 551 g/mol. The average Bonchev–Trinajstić information content (AvgIpc) is 3.34. The van der Waals surface area contributed by atoms with Crippen molar-refractivity contribution in [2.24, 2.45) is 16.8 Å². The second-order valence-corrected chi connectivity index (χ2v) is 9.78. The number of rotatable bonds is 7. The monoisotopic (exact) mass is 550 g/mol. The van der Waals surface area contributed by atoms with Crippen molar-refractivity contribution in [2.75, 3.05) is 19.1 Å². The highest BCUT2D eigenvalue weighted by Gasteiger charge is 2.25. The van der Waals surface area contributed by atoms with Gasteiger partial charge in [0.25, 0.3) is 0 Å². The number of hydrogen-bond donors (Lipinski definition) is 4. The highest BCUT2D eigenvalue weighted by molar-refractivity contribution is 6.47. The van der Waals surface area contributed by atoms with E-state index in [1.54, 1.807) is 32.4 Å². The van der Waals surface area contributed by atoms with Crippen molar-refractivity contribution in [3.05, 3.63) is 59.2 Å². The number of aryl methyl sites for hydroxylation is 1. The molecule has 1 aliphatic heterocycles. The summed E-state index contributed by atoms with van der Waals surface area (Å²) in [6, 6.07) is 5.31. The number of benzene rings is 1. The predicted molar refractivity (Wildman–Crippen MR) is 151 cm³/mol. The van der Waals surface area contributed by atoms with Gasteiger partial charge in [0.2, 0.25) is 0 Å². The molecule has 11 nitrogen and oxygen atoms in total. The molecule has 0 spiro atoms.